The van der Waals surface area contributed by atoms with Crippen LogP contribution >= 0.6 is 0 Å². The summed E-state index contributed by atoms with van der Waals surface area (Å²) in [6.07, 6.45) is 2.91. The van der Waals surface area contributed by atoms with Gasteiger partial charge in [-0.15, -0.1) is 0 Å². The van der Waals surface area contributed by atoms with E-state index in [2.05, 4.69) is 10.2 Å². The first-order valence-corrected chi connectivity index (χ1v) is 9.25. The first-order chi connectivity index (χ1) is 11.9. The highest BCUT2D eigenvalue weighted by atomic mass is 32.2. The molecule has 3 aliphatic rings. The number of esters is 1. The number of H-pyrrole nitrogens is 1. The molecule has 1 saturated heterocycles. The molecule has 10 nitrogen and oxygen atoms in total. The number of aryl methyl sites for hydroxylation is 1. The maximum absolute atomic E-state index is 12.4. The summed E-state index contributed by atoms with van der Waals surface area (Å²) in [5.41, 5.74) is 0.0449. The number of aromatic amines is 1. The third kappa shape index (κ3) is 3.57. The van der Waals surface area contributed by atoms with Crippen molar-refractivity contribution >= 4 is 16.0 Å². The van der Waals surface area contributed by atoms with Crippen LogP contribution < -0.4 is 5.56 Å². The Kier molecular flexibility index (Phi) is 4.88. The van der Waals surface area contributed by atoms with Gasteiger partial charge in [-0.05, 0) is 0 Å². The predicted octanol–water partition coefficient (Wildman–Crippen LogP) is -0.875. The Morgan fingerprint density at radius 1 is 1.36 bits per heavy atom. The van der Waals surface area contributed by atoms with Crippen LogP contribution in [0.4, 0.5) is 0 Å². The molecule has 0 unspecified atom stereocenters. The van der Waals surface area contributed by atoms with Gasteiger partial charge in [-0.1, -0.05) is 0 Å². The third-order valence-corrected chi connectivity index (χ3v) is 5.84. The van der Waals surface area contributed by atoms with Crippen molar-refractivity contribution in [2.75, 3.05) is 39.2 Å². The van der Waals surface area contributed by atoms with E-state index in [0.717, 1.165) is 0 Å². The third-order valence-electron chi connectivity index (χ3n) is 3.99. The Balaban J connectivity index is 1.86. The zero-order chi connectivity index (χ0) is 18.0. The van der Waals surface area contributed by atoms with E-state index in [1.807, 2.05) is 0 Å². The molecule has 3 rings (SSSR count). The van der Waals surface area contributed by atoms with Crippen molar-refractivity contribution in [3.8, 4) is 11.3 Å². The highest BCUT2D eigenvalue weighted by molar-refractivity contribution is 7.89. The van der Waals surface area contributed by atoms with Crippen LogP contribution in [0.15, 0.2) is 17.2 Å². The minimum absolute atomic E-state index is 0.0875. The number of ether oxygens (including phenoxy) is 2. The Morgan fingerprint density at radius 2 is 2.08 bits per heavy atom. The molecule has 0 spiro atoms. The van der Waals surface area contributed by atoms with E-state index in [-0.39, 0.29) is 29.1 Å². The molecular weight excluding hydrogens is 352 g/mol. The molecule has 0 atom stereocenters. The molecule has 0 aromatic rings. The van der Waals surface area contributed by atoms with Gasteiger partial charge in [0, 0.05) is 32.0 Å². The molecule has 3 heterocycles. The molecule has 3 aliphatic heterocycles. The van der Waals surface area contributed by atoms with Gasteiger partial charge in [-0.25, -0.2) is 18.3 Å². The number of nitrogens with one attached hydrogen (secondary N) is 1. The fraction of sp³-hybridized carbons (Fsp3) is 0.500. The molecule has 136 valence electrons. The molecule has 1 fully saturated rings. The summed E-state index contributed by atoms with van der Waals surface area (Å²) in [6.45, 7) is 1.49. The number of hydrogen-bond donors (Lipinski definition) is 1. The monoisotopic (exact) mass is 370 g/mol. The normalized spacial score (nSPS) is 16.2. The molecule has 0 aromatic heterocycles. The van der Waals surface area contributed by atoms with Gasteiger partial charge in [0.25, 0.3) is 5.56 Å². The molecule has 1 N–H and O–H groups in total. The maximum atomic E-state index is 12.4. The molecule has 25 heavy (non-hydrogen) atoms. The van der Waals surface area contributed by atoms with Crippen molar-refractivity contribution < 1.29 is 22.7 Å². The van der Waals surface area contributed by atoms with E-state index in [0.29, 0.717) is 26.3 Å². The number of carbonyl (C=O) groups is 1. The molecule has 0 amide bonds. The molecule has 11 heteroatoms. The lowest BCUT2D eigenvalue weighted by Gasteiger charge is -2.26. The minimum atomic E-state index is -3.46. The van der Waals surface area contributed by atoms with Gasteiger partial charge in [0.1, 0.15) is 11.3 Å². The van der Waals surface area contributed by atoms with Gasteiger partial charge in [0.2, 0.25) is 10.0 Å². The Hall–Kier alpha value is -2.24. The van der Waals surface area contributed by atoms with E-state index in [1.165, 1.54) is 28.4 Å². The Bertz CT molecular complexity index is 896. The molecule has 0 aliphatic carbocycles. The first-order valence-electron chi connectivity index (χ1n) is 7.64. The number of rotatable bonds is 5. The van der Waals surface area contributed by atoms with E-state index in [9.17, 15) is 18.0 Å². The summed E-state index contributed by atoms with van der Waals surface area (Å²) in [6, 6.07) is 0. The van der Waals surface area contributed by atoms with E-state index in [4.69, 9.17) is 9.47 Å². The standard InChI is InChI=1S/C14H18N4O6S/c1-23-14(20)11-9-17(8-10-12(11)15-16-13(10)19)4-7-25(21,22)18-2-5-24-6-3-18/h8-9H,2-7H2,1H3,(H,16,19). The van der Waals surface area contributed by atoms with Crippen LogP contribution in [0.25, 0.3) is 11.3 Å². The zero-order valence-corrected chi connectivity index (χ0v) is 14.4. The second-order valence-corrected chi connectivity index (χ2v) is 7.63. The van der Waals surface area contributed by atoms with Crippen molar-refractivity contribution in [2.45, 2.75) is 6.54 Å². The molecule has 0 bridgehead atoms. The molecular formula is C14H18N4O6S. The van der Waals surface area contributed by atoms with Crippen molar-refractivity contribution in [2.24, 2.45) is 0 Å². The summed E-state index contributed by atoms with van der Waals surface area (Å²) >= 11 is 0. The zero-order valence-electron chi connectivity index (χ0n) is 13.6. The molecule has 0 radical (unpaired) electrons. The van der Waals surface area contributed by atoms with Gasteiger partial charge in [-0.2, -0.15) is 9.40 Å². The minimum Gasteiger partial charge on any atom is -0.465 e. The first kappa shape index (κ1) is 17.6. The predicted molar refractivity (Wildman–Crippen MR) is 87.0 cm³/mol. The average Bonchev–Trinajstić information content (AvgIpc) is 3.00. The molecule has 0 saturated carbocycles. The van der Waals surface area contributed by atoms with Crippen molar-refractivity contribution in [1.29, 1.82) is 0 Å². The summed E-state index contributed by atoms with van der Waals surface area (Å²) in [4.78, 5) is 23.7. The molecule has 0 aromatic carbocycles. The lowest BCUT2D eigenvalue weighted by molar-refractivity contribution is 0.0600. The van der Waals surface area contributed by atoms with Crippen LogP contribution in [0.3, 0.4) is 0 Å². The van der Waals surface area contributed by atoms with Gasteiger partial charge in [-0.3, -0.25) is 4.79 Å². The van der Waals surface area contributed by atoms with E-state index in [1.54, 1.807) is 0 Å². The van der Waals surface area contributed by atoms with Gasteiger partial charge in [0.05, 0.1) is 31.6 Å². The van der Waals surface area contributed by atoms with Crippen LogP contribution in [-0.4, -0.2) is 72.6 Å². The summed E-state index contributed by atoms with van der Waals surface area (Å²) in [5, 5.41) is 6.10. The van der Waals surface area contributed by atoms with Crippen LogP contribution in [0, 0.1) is 0 Å². The Labute approximate surface area is 143 Å². The number of nitrogens with zero attached hydrogens (tertiary/aromatic N) is 3. The number of fused-ring (bicyclic) bond motifs is 1. The lowest BCUT2D eigenvalue weighted by Crippen LogP contribution is -2.42. The topological polar surface area (TPSA) is 124 Å². The number of carbonyl (C=O) groups excluding carboxylic acids is 1. The number of pyridine rings is 1. The quantitative estimate of drug-likeness (QED) is 0.678. The summed E-state index contributed by atoms with van der Waals surface area (Å²) in [5.74, 6) is -0.808. The largest absolute Gasteiger partial charge is 0.465 e. The van der Waals surface area contributed by atoms with Crippen molar-refractivity contribution in [3.05, 3.63) is 28.3 Å². The van der Waals surface area contributed by atoms with E-state index >= 15 is 0 Å². The van der Waals surface area contributed by atoms with Crippen molar-refractivity contribution in [1.82, 2.24) is 19.1 Å². The second kappa shape index (κ2) is 6.94. The van der Waals surface area contributed by atoms with Gasteiger partial charge in [0.15, 0.2) is 0 Å². The number of methoxy groups -OCH3 is 1. The maximum Gasteiger partial charge on any atom is 0.341 e. The number of aromatic nitrogens is 3. The van der Waals surface area contributed by atoms with Crippen LogP contribution in [0.2, 0.25) is 0 Å². The lowest BCUT2D eigenvalue weighted by atomic mass is 10.1. The SMILES string of the molecule is COC(=O)c1cn(CCS(=O)(=O)N2CCOCC2)cc2c(=O)[nH]nc1-2. The van der Waals surface area contributed by atoms with E-state index < -0.39 is 21.6 Å². The van der Waals surface area contributed by atoms with Crippen molar-refractivity contribution in [3.63, 3.8) is 0 Å². The smallest absolute Gasteiger partial charge is 0.341 e. The number of sulfonamides is 1. The summed E-state index contributed by atoms with van der Waals surface area (Å²) in [7, 11) is -2.23. The van der Waals surface area contributed by atoms with Crippen LogP contribution in [-0.2, 0) is 26.0 Å². The van der Waals surface area contributed by atoms with Crippen LogP contribution in [0.5, 0.6) is 0 Å². The highest BCUT2D eigenvalue weighted by Crippen LogP contribution is 2.20. The van der Waals surface area contributed by atoms with Gasteiger partial charge < -0.3 is 14.0 Å². The van der Waals surface area contributed by atoms with Gasteiger partial charge >= 0.3 is 5.97 Å². The highest BCUT2D eigenvalue weighted by Gasteiger charge is 2.25. The second-order valence-electron chi connectivity index (χ2n) is 5.54. The Morgan fingerprint density at radius 3 is 2.76 bits per heavy atom. The number of morpholine rings is 1. The fourth-order valence-electron chi connectivity index (χ4n) is 2.65. The summed E-state index contributed by atoms with van der Waals surface area (Å²) < 4.78 is 37.5. The average molecular weight is 370 g/mol. The fourth-order valence-corrected chi connectivity index (χ4v) is 4.06. The number of hydrogen-bond acceptors (Lipinski definition) is 7. The van der Waals surface area contributed by atoms with Crippen LogP contribution in [0.1, 0.15) is 10.4 Å².